The number of carbonyl (C=O) groups is 2. The second kappa shape index (κ2) is 12.7. The summed E-state index contributed by atoms with van der Waals surface area (Å²) >= 11 is 0. The molecule has 1 saturated carbocycles. The van der Waals surface area contributed by atoms with E-state index in [0.29, 0.717) is 0 Å². The fraction of sp³-hybridized carbons (Fsp3) is 0.607. The highest BCUT2D eigenvalue weighted by Gasteiger charge is 2.35. The fourth-order valence-electron chi connectivity index (χ4n) is 5.45. The topological polar surface area (TPSA) is 154 Å². The van der Waals surface area contributed by atoms with Crippen molar-refractivity contribution < 1.29 is 32.4 Å². The van der Waals surface area contributed by atoms with Gasteiger partial charge in [-0.2, -0.15) is 0 Å². The molecule has 1 aliphatic heterocycles. The molecule has 2 aliphatic rings. The van der Waals surface area contributed by atoms with Gasteiger partial charge in [-0.3, -0.25) is 9.52 Å². The Kier molecular flexibility index (Phi) is 9.48. The van der Waals surface area contributed by atoms with E-state index < -0.39 is 28.1 Å². The zero-order valence-electron chi connectivity index (χ0n) is 24.3. The molecular weight excluding hydrogens is 550 g/mol. The van der Waals surface area contributed by atoms with Crippen LogP contribution in [0.3, 0.4) is 0 Å². The number of urea groups is 1. The Hall–Kier alpha value is -3.32. The highest BCUT2D eigenvalue weighted by atomic mass is 32.2. The van der Waals surface area contributed by atoms with Gasteiger partial charge >= 0.3 is 6.03 Å². The Morgan fingerprint density at radius 3 is 2.59 bits per heavy atom. The molecule has 2 aromatic rings. The first-order chi connectivity index (χ1) is 19.4. The number of sulfonamides is 1. The highest BCUT2D eigenvalue weighted by Crippen LogP contribution is 2.32. The predicted octanol–water partition coefficient (Wildman–Crippen LogP) is 3.29. The number of nitrogens with one attached hydrogen (secondary N) is 2. The summed E-state index contributed by atoms with van der Waals surface area (Å²) in [7, 11) is -2.32. The molecule has 13 heteroatoms. The number of fused-ring (bicyclic) bond motifs is 1. The second-order valence-corrected chi connectivity index (χ2v) is 12.9. The normalized spacial score (nSPS) is 20.8. The Morgan fingerprint density at radius 1 is 1.24 bits per heavy atom. The molecule has 1 aromatic carbocycles. The van der Waals surface area contributed by atoms with Gasteiger partial charge in [0.25, 0.3) is 15.9 Å². The Bertz CT molecular complexity index is 1340. The van der Waals surface area contributed by atoms with Gasteiger partial charge in [0.05, 0.1) is 24.8 Å². The minimum atomic E-state index is -4.05. The van der Waals surface area contributed by atoms with Gasteiger partial charge in [0.15, 0.2) is 10.7 Å². The number of amides is 3. The number of nitrogens with zero attached hydrogens (tertiary/aromatic N) is 3. The van der Waals surface area contributed by atoms with Crippen LogP contribution in [0.1, 0.15) is 67.8 Å². The van der Waals surface area contributed by atoms with Gasteiger partial charge in [-0.1, -0.05) is 31.3 Å². The van der Waals surface area contributed by atoms with Crippen molar-refractivity contribution >= 4 is 27.6 Å². The molecule has 0 unspecified atom stereocenters. The second-order valence-electron chi connectivity index (χ2n) is 11.3. The molecule has 0 radical (unpaired) electrons. The number of ether oxygens (including phenoxy) is 1. The molecule has 2 heterocycles. The quantitative estimate of drug-likeness (QED) is 0.423. The zero-order chi connectivity index (χ0) is 29.9. The average Bonchev–Trinajstić information content (AvgIpc) is 3.29. The lowest BCUT2D eigenvalue weighted by molar-refractivity contribution is 0.0366. The van der Waals surface area contributed by atoms with Gasteiger partial charge in [0.1, 0.15) is 17.5 Å². The molecule has 12 nitrogen and oxygen atoms in total. The van der Waals surface area contributed by atoms with E-state index in [9.17, 15) is 23.1 Å². The van der Waals surface area contributed by atoms with E-state index >= 15 is 0 Å². The number of aliphatic hydroxyl groups excluding tert-OH is 1. The SMILES string of the molecule is Cc1noc(C)c1S(=O)(=O)Nc1ccc2c(c1)C(=O)N([C@H](C)CO)C[C@H](C)[C@@H](CN(C)C(=O)NC1CCCCC1)O2. The summed E-state index contributed by atoms with van der Waals surface area (Å²) in [5.74, 6) is -0.155. The molecule has 41 heavy (non-hydrogen) atoms. The van der Waals surface area contributed by atoms with Crippen LogP contribution in [0.5, 0.6) is 5.75 Å². The number of rotatable bonds is 8. The average molecular weight is 592 g/mol. The van der Waals surface area contributed by atoms with Crippen LogP contribution in [0.2, 0.25) is 0 Å². The molecule has 0 spiro atoms. The summed E-state index contributed by atoms with van der Waals surface area (Å²) in [6.07, 6.45) is 4.89. The third kappa shape index (κ3) is 6.95. The minimum absolute atomic E-state index is 0.0641. The molecule has 3 N–H and O–H groups in total. The molecule has 1 aromatic heterocycles. The third-order valence-corrected chi connectivity index (χ3v) is 9.51. The van der Waals surface area contributed by atoms with Crippen molar-refractivity contribution in [2.24, 2.45) is 5.92 Å². The van der Waals surface area contributed by atoms with Gasteiger partial charge in [-0.25, -0.2) is 13.2 Å². The largest absolute Gasteiger partial charge is 0.487 e. The number of benzene rings is 1. The van der Waals surface area contributed by atoms with E-state index in [4.69, 9.17) is 9.26 Å². The molecule has 3 atom stereocenters. The van der Waals surface area contributed by atoms with Crippen LogP contribution in [0.25, 0.3) is 0 Å². The van der Waals surface area contributed by atoms with Crippen molar-refractivity contribution in [2.45, 2.75) is 82.9 Å². The molecule has 1 aliphatic carbocycles. The van der Waals surface area contributed by atoms with Crippen molar-refractivity contribution in [1.82, 2.24) is 20.3 Å². The lowest BCUT2D eigenvalue weighted by atomic mass is 9.96. The molecule has 4 rings (SSSR count). The van der Waals surface area contributed by atoms with Gasteiger partial charge in [0, 0.05) is 31.2 Å². The maximum absolute atomic E-state index is 13.7. The van der Waals surface area contributed by atoms with E-state index in [1.54, 1.807) is 29.8 Å². The van der Waals surface area contributed by atoms with E-state index in [-0.39, 0.29) is 71.0 Å². The van der Waals surface area contributed by atoms with Gasteiger partial charge in [0.2, 0.25) is 0 Å². The van der Waals surface area contributed by atoms with Crippen LogP contribution in [0.15, 0.2) is 27.6 Å². The summed E-state index contributed by atoms with van der Waals surface area (Å²) in [5.41, 5.74) is 0.527. The standard InChI is InChI=1S/C28H41N5O7S/c1-17-14-33(18(2)16-34)27(35)23-13-22(31-41(37,38)26-19(3)30-40-20(26)4)11-12-24(23)39-25(17)15-32(5)28(36)29-21-9-7-6-8-10-21/h11-13,17-18,21,25,31,34H,6-10,14-16H2,1-5H3,(H,29,36)/t17-,18+,25+/m0/s1. The molecule has 1 fully saturated rings. The number of likely N-dealkylation sites (N-methyl/N-ethyl adjacent to an activating group) is 1. The summed E-state index contributed by atoms with van der Waals surface area (Å²) in [6.45, 7) is 7.03. The lowest BCUT2D eigenvalue weighted by Gasteiger charge is -2.38. The Morgan fingerprint density at radius 2 is 1.95 bits per heavy atom. The van der Waals surface area contributed by atoms with Crippen molar-refractivity contribution in [3.63, 3.8) is 0 Å². The first-order valence-electron chi connectivity index (χ1n) is 14.1. The van der Waals surface area contributed by atoms with E-state index in [1.807, 2.05) is 6.92 Å². The van der Waals surface area contributed by atoms with Crippen LogP contribution in [0, 0.1) is 19.8 Å². The molecular formula is C28H41N5O7S. The monoisotopic (exact) mass is 591 g/mol. The van der Waals surface area contributed by atoms with E-state index in [1.165, 1.54) is 32.4 Å². The van der Waals surface area contributed by atoms with Gasteiger partial charge in [-0.15, -0.1) is 0 Å². The molecule has 0 bridgehead atoms. The molecule has 0 saturated heterocycles. The predicted molar refractivity (Wildman–Crippen MR) is 152 cm³/mol. The van der Waals surface area contributed by atoms with Gasteiger partial charge in [-0.05, 0) is 51.8 Å². The number of aliphatic hydroxyl groups is 1. The maximum atomic E-state index is 13.7. The molecule has 3 amide bonds. The summed E-state index contributed by atoms with van der Waals surface area (Å²) in [6, 6.07) is 4.00. The highest BCUT2D eigenvalue weighted by molar-refractivity contribution is 7.92. The van der Waals surface area contributed by atoms with Crippen molar-refractivity contribution in [3.05, 3.63) is 35.2 Å². The van der Waals surface area contributed by atoms with E-state index in [0.717, 1.165) is 25.7 Å². The third-order valence-electron chi connectivity index (χ3n) is 7.89. The van der Waals surface area contributed by atoms with Crippen LogP contribution in [0.4, 0.5) is 10.5 Å². The summed E-state index contributed by atoms with van der Waals surface area (Å²) < 4.78 is 40.1. The number of aryl methyl sites for hydroxylation is 2. The maximum Gasteiger partial charge on any atom is 0.317 e. The number of anilines is 1. The number of hydrogen-bond acceptors (Lipinski definition) is 8. The van der Waals surface area contributed by atoms with Crippen LogP contribution in [-0.4, -0.2) is 85.4 Å². The number of hydrogen-bond donors (Lipinski definition) is 3. The zero-order valence-corrected chi connectivity index (χ0v) is 25.2. The van der Waals surface area contributed by atoms with Crippen LogP contribution in [-0.2, 0) is 10.0 Å². The number of carbonyl (C=O) groups excluding carboxylic acids is 2. The van der Waals surface area contributed by atoms with Crippen molar-refractivity contribution in [1.29, 1.82) is 0 Å². The smallest absolute Gasteiger partial charge is 0.317 e. The first kappa shape index (κ1) is 30.6. The fourth-order valence-corrected chi connectivity index (χ4v) is 6.83. The Balaban J connectivity index is 1.60. The molecule has 226 valence electrons. The minimum Gasteiger partial charge on any atom is -0.487 e. The lowest BCUT2D eigenvalue weighted by Crippen LogP contribution is -2.52. The van der Waals surface area contributed by atoms with Crippen LogP contribution >= 0.6 is 0 Å². The van der Waals surface area contributed by atoms with E-state index in [2.05, 4.69) is 15.2 Å². The van der Waals surface area contributed by atoms with Crippen molar-refractivity contribution in [2.75, 3.05) is 31.5 Å². The first-order valence-corrected chi connectivity index (χ1v) is 15.6. The number of aromatic nitrogens is 1. The van der Waals surface area contributed by atoms with Crippen molar-refractivity contribution in [3.8, 4) is 5.75 Å². The van der Waals surface area contributed by atoms with Crippen LogP contribution < -0.4 is 14.8 Å². The summed E-state index contributed by atoms with van der Waals surface area (Å²) in [4.78, 5) is 29.8. The Labute approximate surface area is 241 Å². The van der Waals surface area contributed by atoms with Gasteiger partial charge < -0.3 is 29.5 Å². The summed E-state index contributed by atoms with van der Waals surface area (Å²) in [5, 5.41) is 16.8.